The van der Waals surface area contributed by atoms with Gasteiger partial charge in [-0.3, -0.25) is 5.10 Å². The number of aromatic amines is 1. The Morgan fingerprint density at radius 1 is 1.43 bits per heavy atom. The van der Waals surface area contributed by atoms with Crippen LogP contribution in [0.1, 0.15) is 27.4 Å². The zero-order chi connectivity index (χ0) is 15.6. The largest absolute Gasteiger partial charge is 0.465 e. The molecule has 2 rings (SSSR count). The molecular weight excluding hydrogens is 298 g/mol. The van der Waals surface area contributed by atoms with Gasteiger partial charge in [-0.15, -0.1) is 0 Å². The van der Waals surface area contributed by atoms with E-state index in [1.54, 1.807) is 6.20 Å². The van der Waals surface area contributed by atoms with Gasteiger partial charge >= 0.3 is 5.97 Å². The first-order valence-corrected chi connectivity index (χ1v) is 7.50. The van der Waals surface area contributed by atoms with E-state index >= 15 is 0 Å². The average Bonchev–Trinajstić information content (AvgIpc) is 3.03. The van der Waals surface area contributed by atoms with E-state index in [0.29, 0.717) is 5.56 Å². The fraction of sp³-hybridized carbons (Fsp3) is 0.333. The number of rotatable bonds is 5. The summed E-state index contributed by atoms with van der Waals surface area (Å²) < 4.78 is 37.0. The average molecular weight is 313 g/mol. The summed E-state index contributed by atoms with van der Waals surface area (Å²) in [5.41, 5.74) is 0.575. The van der Waals surface area contributed by atoms with Gasteiger partial charge in [0.05, 0.1) is 13.3 Å². The van der Waals surface area contributed by atoms with E-state index in [9.17, 15) is 13.2 Å². The Bertz CT molecular complexity index is 746. The molecule has 114 valence electrons. The monoisotopic (exact) mass is 313 g/mol. The summed E-state index contributed by atoms with van der Waals surface area (Å²) in [6.45, 7) is 3.03. The van der Waals surface area contributed by atoms with Crippen molar-refractivity contribution in [3.05, 3.63) is 35.0 Å². The predicted octanol–water partition coefficient (Wildman–Crippen LogP) is 0.885. The molecule has 0 bridgehead atoms. The number of H-pyrrole nitrogens is 1. The lowest BCUT2D eigenvalue weighted by molar-refractivity contribution is 0.0595. The summed E-state index contributed by atoms with van der Waals surface area (Å²) in [5.74, 6) is -0.427. The van der Waals surface area contributed by atoms with E-state index in [2.05, 4.69) is 19.7 Å². The number of carbonyl (C=O) groups excluding carboxylic acids is 1. The van der Waals surface area contributed by atoms with Crippen molar-refractivity contribution in [1.29, 1.82) is 0 Å². The van der Waals surface area contributed by atoms with Gasteiger partial charge in [-0.05, 0) is 13.8 Å². The zero-order valence-electron chi connectivity index (χ0n) is 11.8. The number of nitrogens with zero attached hydrogens (tertiary/aromatic N) is 1. The van der Waals surface area contributed by atoms with Crippen molar-refractivity contribution in [1.82, 2.24) is 14.9 Å². The van der Waals surface area contributed by atoms with Gasteiger partial charge in [-0.2, -0.15) is 5.10 Å². The second-order valence-electron chi connectivity index (χ2n) is 4.34. The van der Waals surface area contributed by atoms with Gasteiger partial charge in [0.25, 0.3) is 0 Å². The summed E-state index contributed by atoms with van der Waals surface area (Å²) in [6.07, 6.45) is 3.06. The molecule has 2 heterocycles. The number of nitrogens with one attached hydrogen (secondary N) is 2. The number of methoxy groups -OCH3 is 1. The van der Waals surface area contributed by atoms with E-state index in [-0.39, 0.29) is 28.5 Å². The SMILES string of the molecule is COC(=O)c1c(C)oc(C)c1S(=O)(=O)NCc1cn[nH]c1. The highest BCUT2D eigenvalue weighted by molar-refractivity contribution is 7.89. The van der Waals surface area contributed by atoms with E-state index in [0.717, 1.165) is 0 Å². The van der Waals surface area contributed by atoms with E-state index in [4.69, 9.17) is 4.42 Å². The molecule has 0 unspecified atom stereocenters. The predicted molar refractivity (Wildman–Crippen MR) is 72.1 cm³/mol. The number of aryl methyl sites for hydroxylation is 2. The quantitative estimate of drug-likeness (QED) is 0.792. The van der Waals surface area contributed by atoms with Gasteiger partial charge in [-0.1, -0.05) is 0 Å². The molecule has 0 aromatic carbocycles. The third-order valence-electron chi connectivity index (χ3n) is 2.88. The maximum Gasteiger partial charge on any atom is 0.342 e. The topological polar surface area (TPSA) is 114 Å². The number of sulfonamides is 1. The minimum absolute atomic E-state index is 0.0448. The molecule has 0 aliphatic rings. The van der Waals surface area contributed by atoms with Crippen LogP contribution in [-0.2, 0) is 21.3 Å². The molecule has 0 fully saturated rings. The number of hydrogen-bond acceptors (Lipinski definition) is 6. The van der Waals surface area contributed by atoms with Gasteiger partial charge in [0.2, 0.25) is 10.0 Å². The Morgan fingerprint density at radius 2 is 2.14 bits per heavy atom. The standard InChI is InChI=1S/C12H15N3O5S/c1-7-10(12(16)19-3)11(8(2)20-7)21(17,18)15-6-9-4-13-14-5-9/h4-5,15H,6H2,1-3H3,(H,13,14). The molecule has 0 saturated heterocycles. The van der Waals surface area contributed by atoms with Gasteiger partial charge in [0.1, 0.15) is 22.0 Å². The van der Waals surface area contributed by atoms with E-state index in [1.807, 2.05) is 0 Å². The number of furan rings is 1. The van der Waals surface area contributed by atoms with Crippen LogP contribution in [0.15, 0.2) is 21.7 Å². The Morgan fingerprint density at radius 3 is 2.71 bits per heavy atom. The van der Waals surface area contributed by atoms with Crippen LogP contribution in [0.2, 0.25) is 0 Å². The number of aromatic nitrogens is 2. The van der Waals surface area contributed by atoms with Crippen LogP contribution < -0.4 is 4.72 Å². The molecular formula is C12H15N3O5S. The van der Waals surface area contributed by atoms with Gasteiger partial charge in [0, 0.05) is 18.3 Å². The lowest BCUT2D eigenvalue weighted by Crippen LogP contribution is -2.25. The van der Waals surface area contributed by atoms with E-state index in [1.165, 1.54) is 27.2 Å². The smallest absolute Gasteiger partial charge is 0.342 e. The molecule has 0 amide bonds. The fourth-order valence-electron chi connectivity index (χ4n) is 1.95. The lowest BCUT2D eigenvalue weighted by atomic mass is 10.2. The third-order valence-corrected chi connectivity index (χ3v) is 4.44. The van der Waals surface area contributed by atoms with Crippen LogP contribution in [0.25, 0.3) is 0 Å². The molecule has 0 spiro atoms. The maximum absolute atomic E-state index is 12.4. The summed E-state index contributed by atoms with van der Waals surface area (Å²) in [7, 11) is -2.74. The van der Waals surface area contributed by atoms with E-state index < -0.39 is 16.0 Å². The minimum Gasteiger partial charge on any atom is -0.465 e. The highest BCUT2D eigenvalue weighted by atomic mass is 32.2. The fourth-order valence-corrected chi connectivity index (χ4v) is 3.37. The molecule has 2 aromatic heterocycles. The maximum atomic E-state index is 12.4. The molecule has 21 heavy (non-hydrogen) atoms. The normalized spacial score (nSPS) is 11.6. The lowest BCUT2D eigenvalue weighted by Gasteiger charge is -2.06. The minimum atomic E-state index is -3.92. The van der Waals surface area contributed by atoms with Gasteiger partial charge in [0.15, 0.2) is 0 Å². The second-order valence-corrected chi connectivity index (χ2v) is 6.05. The summed E-state index contributed by atoms with van der Waals surface area (Å²) >= 11 is 0. The molecule has 2 aromatic rings. The number of esters is 1. The van der Waals surface area contributed by atoms with Crippen LogP contribution >= 0.6 is 0 Å². The Balaban J connectivity index is 2.37. The molecule has 8 nitrogen and oxygen atoms in total. The Labute approximate surface area is 121 Å². The first kappa shape index (κ1) is 15.3. The van der Waals surface area contributed by atoms with Gasteiger partial charge in [-0.25, -0.2) is 17.9 Å². The van der Waals surface area contributed by atoms with Crippen molar-refractivity contribution in [2.24, 2.45) is 0 Å². The molecule has 0 saturated carbocycles. The molecule has 0 atom stereocenters. The van der Waals surface area contributed by atoms with Gasteiger partial charge < -0.3 is 9.15 Å². The highest BCUT2D eigenvalue weighted by Crippen LogP contribution is 2.27. The van der Waals surface area contributed by atoms with Crippen molar-refractivity contribution in [3.63, 3.8) is 0 Å². The van der Waals surface area contributed by atoms with Crippen molar-refractivity contribution in [3.8, 4) is 0 Å². The van der Waals surface area contributed by atoms with Crippen LogP contribution in [0.3, 0.4) is 0 Å². The molecule has 9 heteroatoms. The molecule has 0 radical (unpaired) electrons. The summed E-state index contributed by atoms with van der Waals surface area (Å²) in [4.78, 5) is 11.6. The van der Waals surface area contributed by atoms with Crippen molar-refractivity contribution >= 4 is 16.0 Å². The molecule has 2 N–H and O–H groups in total. The van der Waals surface area contributed by atoms with Crippen LogP contribution in [0, 0.1) is 13.8 Å². The Kier molecular flexibility index (Phi) is 4.14. The Hall–Kier alpha value is -2.13. The van der Waals surface area contributed by atoms with Crippen molar-refractivity contribution in [2.45, 2.75) is 25.3 Å². The summed E-state index contributed by atoms with van der Waals surface area (Å²) in [5, 5.41) is 6.31. The first-order chi connectivity index (χ1) is 9.86. The molecule has 0 aliphatic carbocycles. The van der Waals surface area contributed by atoms with Crippen molar-refractivity contribution < 1.29 is 22.4 Å². The van der Waals surface area contributed by atoms with Crippen molar-refractivity contribution in [2.75, 3.05) is 7.11 Å². The summed E-state index contributed by atoms with van der Waals surface area (Å²) in [6, 6.07) is 0. The second kappa shape index (κ2) is 5.70. The third kappa shape index (κ3) is 2.98. The van der Waals surface area contributed by atoms with Crippen LogP contribution in [0.4, 0.5) is 0 Å². The molecule has 0 aliphatic heterocycles. The zero-order valence-corrected chi connectivity index (χ0v) is 12.6. The first-order valence-electron chi connectivity index (χ1n) is 6.02. The number of hydrogen-bond donors (Lipinski definition) is 2. The van der Waals surface area contributed by atoms with Crippen LogP contribution in [-0.4, -0.2) is 31.7 Å². The van der Waals surface area contributed by atoms with Crippen LogP contribution in [0.5, 0.6) is 0 Å². The number of carbonyl (C=O) groups is 1. The highest BCUT2D eigenvalue weighted by Gasteiger charge is 2.31. The number of ether oxygens (including phenoxy) is 1.